The summed E-state index contributed by atoms with van der Waals surface area (Å²) in [5, 5.41) is 14.2. The van der Waals surface area contributed by atoms with Crippen molar-refractivity contribution < 1.29 is 37.4 Å². The third kappa shape index (κ3) is 7.97. The number of aliphatic carboxylic acids is 1. The second-order valence-electron chi connectivity index (χ2n) is 13.2. The Balaban J connectivity index is 1.21. The molecule has 2 aromatic carbocycles. The summed E-state index contributed by atoms with van der Waals surface area (Å²) in [4.78, 5) is 43.6. The molecule has 0 radical (unpaired) electrons. The van der Waals surface area contributed by atoms with E-state index in [1.165, 1.54) is 13.2 Å². The Labute approximate surface area is 300 Å². The largest absolute Gasteiger partial charge is 0.492 e. The smallest absolute Gasteiger partial charge is 0.329 e. The number of nitrogens with two attached hydrogens (primary N) is 2. The maximum absolute atomic E-state index is 14.1. The molecule has 3 aliphatic rings. The summed E-state index contributed by atoms with van der Waals surface area (Å²) >= 11 is 0.999. The number of carbonyl (C=O) groups is 3. The Morgan fingerprint density at radius 2 is 1.92 bits per heavy atom. The summed E-state index contributed by atoms with van der Waals surface area (Å²) in [5.74, 6) is -2.00. The zero-order valence-electron chi connectivity index (χ0n) is 28.2. The monoisotopic (exact) mass is 738 g/mol. The summed E-state index contributed by atoms with van der Waals surface area (Å²) < 4.78 is 41.4. The van der Waals surface area contributed by atoms with Gasteiger partial charge in [0.1, 0.15) is 21.1 Å². The van der Waals surface area contributed by atoms with Crippen LogP contribution in [0.2, 0.25) is 0 Å². The number of piperidine rings is 1. The second-order valence-corrected chi connectivity index (χ2v) is 15.8. The summed E-state index contributed by atoms with van der Waals surface area (Å²) in [6.07, 6.45) is 3.30. The number of likely N-dealkylation sites (tertiary alicyclic amines) is 1. The molecule has 14 nitrogen and oxygen atoms in total. The van der Waals surface area contributed by atoms with Crippen molar-refractivity contribution >= 4 is 50.9 Å². The molecule has 6 rings (SSSR count). The minimum Gasteiger partial charge on any atom is -0.492 e. The van der Waals surface area contributed by atoms with E-state index < -0.39 is 27.4 Å². The summed E-state index contributed by atoms with van der Waals surface area (Å²) in [6, 6.07) is 12.9. The first-order valence-electron chi connectivity index (χ1n) is 16.8. The fourth-order valence-electron chi connectivity index (χ4n) is 7.00. The minimum absolute atomic E-state index is 0.0310. The molecule has 1 aliphatic carbocycles. The van der Waals surface area contributed by atoms with Crippen LogP contribution >= 0.6 is 11.3 Å². The van der Waals surface area contributed by atoms with Crippen LogP contribution in [0.4, 0.5) is 5.69 Å². The van der Waals surface area contributed by atoms with Gasteiger partial charge in [-0.3, -0.25) is 24.2 Å². The summed E-state index contributed by atoms with van der Waals surface area (Å²) in [5.41, 5.74) is 12.7. The van der Waals surface area contributed by atoms with E-state index in [0.717, 1.165) is 59.5 Å². The predicted octanol–water partition coefficient (Wildman–Crippen LogP) is 3.16. The van der Waals surface area contributed by atoms with Crippen molar-refractivity contribution in [2.45, 2.75) is 55.5 Å². The lowest BCUT2D eigenvalue weighted by Gasteiger charge is -2.32. The molecule has 0 spiro atoms. The summed E-state index contributed by atoms with van der Waals surface area (Å²) in [6.45, 7) is 2.88. The average Bonchev–Trinajstić information content (AvgIpc) is 3.38. The van der Waals surface area contributed by atoms with Gasteiger partial charge in [-0.2, -0.15) is 0 Å². The van der Waals surface area contributed by atoms with Gasteiger partial charge in [-0.15, -0.1) is 11.3 Å². The van der Waals surface area contributed by atoms with Gasteiger partial charge in [0, 0.05) is 25.9 Å². The number of aliphatic imine (C=N–C) groups is 1. The first-order chi connectivity index (χ1) is 24.4. The first-order valence-corrected chi connectivity index (χ1v) is 19.1. The molecule has 1 aromatic heterocycles. The molecule has 51 heavy (non-hydrogen) atoms. The van der Waals surface area contributed by atoms with Gasteiger partial charge in [0.2, 0.25) is 0 Å². The van der Waals surface area contributed by atoms with E-state index in [-0.39, 0.29) is 52.0 Å². The predicted molar refractivity (Wildman–Crippen MR) is 192 cm³/mol. The number of carboxylic acid groups (broad SMARTS) is 1. The average molecular weight is 739 g/mol. The van der Waals surface area contributed by atoms with E-state index in [2.05, 4.69) is 19.9 Å². The SMILES string of the molecule is COC(=O)CC1CCN(Cc2ccccc2-c2cc3c(c(S(=O)(=O)Nc4ccsc4C(=O)NC4(C(=O)O)CC4CCN=C(N)N)c2)OCC3)CC1. The van der Waals surface area contributed by atoms with Crippen LogP contribution in [0.25, 0.3) is 11.1 Å². The number of esters is 1. The van der Waals surface area contributed by atoms with Crippen molar-refractivity contribution in [3.63, 3.8) is 0 Å². The molecule has 3 aromatic rings. The van der Waals surface area contributed by atoms with Crippen molar-refractivity contribution in [1.82, 2.24) is 10.2 Å². The standard InChI is InChI=1S/C35H42N6O8S2/c1-48-29(42)16-21-7-12-41(13-8-21)20-23-4-2-3-5-26(23)24-17-22-9-14-49-30(22)28(18-24)51(46,47)40-27-10-15-50-31(27)32(43)39-35(33(44)45)19-25(35)6-11-38-34(36)37/h2-5,10,15,17-18,21,25,40H,6-9,11-14,16,19-20H2,1H3,(H,39,43)(H,44,45)(H4,36,37,38). The number of nitrogens with one attached hydrogen (secondary N) is 2. The quantitative estimate of drug-likeness (QED) is 0.0920. The zero-order chi connectivity index (χ0) is 36.3. The van der Waals surface area contributed by atoms with Gasteiger partial charge >= 0.3 is 11.9 Å². The highest BCUT2D eigenvalue weighted by Crippen LogP contribution is 2.47. The lowest BCUT2D eigenvalue weighted by atomic mass is 9.92. The lowest BCUT2D eigenvalue weighted by molar-refractivity contribution is -0.142. The molecule has 2 fully saturated rings. The van der Waals surface area contributed by atoms with Crippen LogP contribution in [0.5, 0.6) is 5.75 Å². The van der Waals surface area contributed by atoms with Gasteiger partial charge in [0.25, 0.3) is 15.9 Å². The van der Waals surface area contributed by atoms with Gasteiger partial charge in [-0.1, -0.05) is 24.3 Å². The number of carbonyl (C=O) groups excluding carboxylic acids is 2. The first kappa shape index (κ1) is 36.1. The molecule has 272 valence electrons. The van der Waals surface area contributed by atoms with Gasteiger partial charge in [-0.05, 0) is 96.4 Å². The number of benzene rings is 2. The normalized spacial score (nSPS) is 20.1. The topological polar surface area (TPSA) is 216 Å². The van der Waals surface area contributed by atoms with E-state index in [1.54, 1.807) is 11.4 Å². The number of carboxylic acids is 1. The number of amides is 1. The Kier molecular flexibility index (Phi) is 10.6. The third-order valence-corrected chi connectivity index (χ3v) is 12.1. The number of ether oxygens (including phenoxy) is 2. The third-order valence-electron chi connectivity index (χ3n) is 9.86. The van der Waals surface area contributed by atoms with Crippen LogP contribution in [0.15, 0.2) is 57.7 Å². The molecule has 1 saturated carbocycles. The molecule has 1 saturated heterocycles. The molecular weight excluding hydrogens is 697 g/mol. The molecule has 0 bridgehead atoms. The number of anilines is 1. The van der Waals surface area contributed by atoms with Crippen molar-refractivity contribution in [1.29, 1.82) is 0 Å². The van der Waals surface area contributed by atoms with E-state index in [9.17, 15) is 27.9 Å². The van der Waals surface area contributed by atoms with E-state index in [1.807, 2.05) is 30.3 Å². The number of hydrogen-bond acceptors (Lipinski definition) is 10. The lowest BCUT2D eigenvalue weighted by Crippen LogP contribution is -2.45. The number of fused-ring (bicyclic) bond motifs is 1. The number of methoxy groups -OCH3 is 1. The highest BCUT2D eigenvalue weighted by Gasteiger charge is 2.61. The maximum atomic E-state index is 14.1. The highest BCUT2D eigenvalue weighted by atomic mass is 32.2. The highest BCUT2D eigenvalue weighted by molar-refractivity contribution is 7.92. The number of sulfonamides is 1. The van der Waals surface area contributed by atoms with Crippen molar-refractivity contribution in [3.05, 3.63) is 63.8 Å². The van der Waals surface area contributed by atoms with Gasteiger partial charge in [-0.25, -0.2) is 13.2 Å². The molecule has 2 unspecified atom stereocenters. The van der Waals surface area contributed by atoms with E-state index in [4.69, 9.17) is 20.9 Å². The number of hydrogen-bond donors (Lipinski definition) is 5. The number of nitrogens with zero attached hydrogens (tertiary/aromatic N) is 2. The second kappa shape index (κ2) is 14.9. The minimum atomic E-state index is -4.28. The van der Waals surface area contributed by atoms with Gasteiger partial charge in [0.15, 0.2) is 5.96 Å². The molecular formula is C35H42N6O8S2. The maximum Gasteiger partial charge on any atom is 0.329 e. The Hall–Kier alpha value is -4.67. The fourth-order valence-corrected chi connectivity index (χ4v) is 9.09. The van der Waals surface area contributed by atoms with Crippen LogP contribution in [-0.2, 0) is 37.3 Å². The molecule has 16 heteroatoms. The number of guanidine groups is 1. The van der Waals surface area contributed by atoms with Crippen LogP contribution < -0.4 is 26.2 Å². The van der Waals surface area contributed by atoms with Crippen LogP contribution in [0.3, 0.4) is 0 Å². The summed E-state index contributed by atoms with van der Waals surface area (Å²) in [7, 11) is -2.87. The zero-order valence-corrected chi connectivity index (χ0v) is 29.9. The van der Waals surface area contributed by atoms with Gasteiger partial charge in [0.05, 0.1) is 19.4 Å². The molecule has 3 heterocycles. The van der Waals surface area contributed by atoms with E-state index >= 15 is 0 Å². The number of thiophene rings is 1. The fraction of sp³-hybridized carbons (Fsp3) is 0.429. The van der Waals surface area contributed by atoms with Gasteiger partial charge < -0.3 is 31.4 Å². The Bertz CT molecular complexity index is 1950. The van der Waals surface area contributed by atoms with E-state index in [0.29, 0.717) is 38.3 Å². The Morgan fingerprint density at radius 1 is 1.16 bits per heavy atom. The van der Waals surface area contributed by atoms with Crippen LogP contribution in [0.1, 0.15) is 52.9 Å². The van der Waals surface area contributed by atoms with Crippen LogP contribution in [-0.4, -0.2) is 81.1 Å². The number of rotatable bonds is 14. The Morgan fingerprint density at radius 3 is 2.65 bits per heavy atom. The van der Waals surface area contributed by atoms with Crippen molar-refractivity contribution in [3.8, 4) is 16.9 Å². The molecule has 2 atom stereocenters. The molecule has 2 aliphatic heterocycles. The van der Waals surface area contributed by atoms with Crippen molar-refractivity contribution in [2.75, 3.05) is 38.1 Å². The molecule has 7 N–H and O–H groups in total. The van der Waals surface area contributed by atoms with Crippen LogP contribution in [0, 0.1) is 11.8 Å². The van der Waals surface area contributed by atoms with Crippen molar-refractivity contribution in [2.24, 2.45) is 28.3 Å². The molecule has 1 amide bonds.